The van der Waals surface area contributed by atoms with Gasteiger partial charge in [-0.2, -0.15) is 5.10 Å². The normalized spacial score (nSPS) is 11.2. The predicted molar refractivity (Wildman–Crippen MR) is 98.9 cm³/mol. The third kappa shape index (κ3) is 4.26. The third-order valence-corrected chi connectivity index (χ3v) is 3.42. The van der Waals surface area contributed by atoms with E-state index in [0.717, 1.165) is 11.3 Å². The molecule has 0 saturated heterocycles. The van der Waals surface area contributed by atoms with Crippen LogP contribution >= 0.6 is 0 Å². The third-order valence-electron chi connectivity index (χ3n) is 3.42. The van der Waals surface area contributed by atoms with Crippen molar-refractivity contribution in [2.75, 3.05) is 5.32 Å². The molecule has 1 aromatic heterocycles. The zero-order chi connectivity index (χ0) is 17.9. The first-order chi connectivity index (χ1) is 11.9. The Balaban J connectivity index is 1.98. The molecule has 0 spiro atoms. The molecule has 25 heavy (non-hydrogen) atoms. The Morgan fingerprint density at radius 2 is 1.60 bits per heavy atom. The maximum Gasteiger partial charge on any atom is 0.412 e. The van der Waals surface area contributed by atoms with Crippen LogP contribution in [0.25, 0.3) is 16.9 Å². The number of rotatable bonds is 3. The second-order valence-electron chi connectivity index (χ2n) is 6.66. The fourth-order valence-electron chi connectivity index (χ4n) is 2.40. The zero-order valence-electron chi connectivity index (χ0n) is 14.6. The standard InChI is InChI=1S/C20H21N3O2/c1-20(2,3)25-19(24)21-17-14-23(16-12-8-5-9-13-16)22-18(17)15-10-6-4-7-11-15/h4-14H,1-3H3,(H,21,24). The Hall–Kier alpha value is -3.08. The topological polar surface area (TPSA) is 56.1 Å². The molecule has 0 aliphatic carbocycles. The van der Waals surface area contributed by atoms with Crippen LogP contribution < -0.4 is 5.32 Å². The number of hydrogen-bond donors (Lipinski definition) is 1. The Bertz CT molecular complexity index is 850. The van der Waals surface area contributed by atoms with Crippen molar-refractivity contribution in [3.63, 3.8) is 0 Å². The van der Waals surface area contributed by atoms with Crippen molar-refractivity contribution in [2.45, 2.75) is 26.4 Å². The molecular weight excluding hydrogens is 314 g/mol. The highest BCUT2D eigenvalue weighted by Gasteiger charge is 2.19. The Labute approximate surface area is 147 Å². The smallest absolute Gasteiger partial charge is 0.412 e. The number of amides is 1. The summed E-state index contributed by atoms with van der Waals surface area (Å²) < 4.78 is 7.11. The first-order valence-corrected chi connectivity index (χ1v) is 8.13. The van der Waals surface area contributed by atoms with Gasteiger partial charge in [0.25, 0.3) is 0 Å². The second-order valence-corrected chi connectivity index (χ2v) is 6.66. The van der Waals surface area contributed by atoms with Gasteiger partial charge in [-0.25, -0.2) is 9.48 Å². The molecule has 0 atom stereocenters. The summed E-state index contributed by atoms with van der Waals surface area (Å²) in [7, 11) is 0. The van der Waals surface area contributed by atoms with Crippen molar-refractivity contribution in [3.05, 3.63) is 66.9 Å². The second kappa shape index (κ2) is 6.81. The maximum atomic E-state index is 12.2. The maximum absolute atomic E-state index is 12.2. The Morgan fingerprint density at radius 3 is 2.20 bits per heavy atom. The zero-order valence-corrected chi connectivity index (χ0v) is 14.6. The molecule has 3 rings (SSSR count). The summed E-state index contributed by atoms with van der Waals surface area (Å²) in [6.07, 6.45) is 1.29. The summed E-state index contributed by atoms with van der Waals surface area (Å²) in [5.74, 6) is 0. The van der Waals surface area contributed by atoms with Crippen molar-refractivity contribution in [1.82, 2.24) is 9.78 Å². The number of carbonyl (C=O) groups is 1. The number of anilines is 1. The average Bonchev–Trinajstić information content (AvgIpc) is 2.98. The molecular formula is C20H21N3O2. The van der Waals surface area contributed by atoms with E-state index < -0.39 is 11.7 Å². The van der Waals surface area contributed by atoms with Gasteiger partial charge in [-0.05, 0) is 32.9 Å². The van der Waals surface area contributed by atoms with Crippen LogP contribution in [0, 0.1) is 0 Å². The Morgan fingerprint density at radius 1 is 1.00 bits per heavy atom. The van der Waals surface area contributed by atoms with E-state index in [9.17, 15) is 4.79 Å². The highest BCUT2D eigenvalue weighted by atomic mass is 16.6. The lowest BCUT2D eigenvalue weighted by Gasteiger charge is -2.19. The minimum absolute atomic E-state index is 0.503. The monoisotopic (exact) mass is 335 g/mol. The van der Waals surface area contributed by atoms with Crippen molar-refractivity contribution in [3.8, 4) is 16.9 Å². The van der Waals surface area contributed by atoms with Gasteiger partial charge in [0.2, 0.25) is 0 Å². The molecule has 5 nitrogen and oxygen atoms in total. The van der Waals surface area contributed by atoms with Crippen molar-refractivity contribution in [2.24, 2.45) is 0 Å². The fourth-order valence-corrected chi connectivity index (χ4v) is 2.40. The molecule has 5 heteroatoms. The first-order valence-electron chi connectivity index (χ1n) is 8.13. The molecule has 1 amide bonds. The van der Waals surface area contributed by atoms with Crippen molar-refractivity contribution in [1.29, 1.82) is 0 Å². The van der Waals surface area contributed by atoms with E-state index in [0.29, 0.717) is 11.4 Å². The van der Waals surface area contributed by atoms with Crippen LogP contribution in [0.5, 0.6) is 0 Å². The first kappa shape index (κ1) is 16.8. The molecule has 0 fully saturated rings. The van der Waals surface area contributed by atoms with Crippen LogP contribution in [0.4, 0.5) is 10.5 Å². The minimum atomic E-state index is -0.563. The number of carbonyl (C=O) groups excluding carboxylic acids is 1. The van der Waals surface area contributed by atoms with Crippen molar-refractivity contribution < 1.29 is 9.53 Å². The van der Waals surface area contributed by atoms with Gasteiger partial charge in [0.15, 0.2) is 0 Å². The van der Waals surface area contributed by atoms with E-state index in [4.69, 9.17) is 4.74 Å². The fraction of sp³-hybridized carbons (Fsp3) is 0.200. The van der Waals surface area contributed by atoms with Crippen LogP contribution in [0.3, 0.4) is 0 Å². The van der Waals surface area contributed by atoms with E-state index in [2.05, 4.69) is 10.4 Å². The predicted octanol–water partition coefficient (Wildman–Crippen LogP) is 4.89. The lowest BCUT2D eigenvalue weighted by atomic mass is 10.1. The molecule has 0 unspecified atom stereocenters. The quantitative estimate of drug-likeness (QED) is 0.741. The molecule has 128 valence electrons. The average molecular weight is 335 g/mol. The van der Waals surface area contributed by atoms with Gasteiger partial charge in [-0.3, -0.25) is 5.32 Å². The SMILES string of the molecule is CC(C)(C)OC(=O)Nc1cn(-c2ccccc2)nc1-c1ccccc1. The van der Waals surface area contributed by atoms with Crippen LogP contribution in [-0.2, 0) is 4.74 Å². The van der Waals surface area contributed by atoms with E-state index in [-0.39, 0.29) is 0 Å². The van der Waals surface area contributed by atoms with Gasteiger partial charge in [0.1, 0.15) is 11.3 Å². The van der Waals surface area contributed by atoms with E-state index in [1.807, 2.05) is 81.4 Å². The van der Waals surface area contributed by atoms with E-state index in [1.165, 1.54) is 0 Å². The van der Waals surface area contributed by atoms with Crippen LogP contribution in [0.15, 0.2) is 66.9 Å². The van der Waals surface area contributed by atoms with Gasteiger partial charge in [-0.1, -0.05) is 48.5 Å². The van der Waals surface area contributed by atoms with Crippen LogP contribution in [0.2, 0.25) is 0 Å². The summed E-state index contributed by atoms with van der Waals surface area (Å²) >= 11 is 0. The van der Waals surface area contributed by atoms with E-state index >= 15 is 0 Å². The molecule has 3 aromatic rings. The summed E-state index contributed by atoms with van der Waals surface area (Å²) in [5, 5.41) is 7.46. The van der Waals surface area contributed by atoms with Crippen LogP contribution in [0.1, 0.15) is 20.8 Å². The van der Waals surface area contributed by atoms with E-state index in [1.54, 1.807) is 10.9 Å². The molecule has 0 saturated carbocycles. The lowest BCUT2D eigenvalue weighted by molar-refractivity contribution is 0.0636. The summed E-state index contributed by atoms with van der Waals surface area (Å²) in [5.41, 5.74) is 2.56. The summed E-state index contributed by atoms with van der Waals surface area (Å²) in [6, 6.07) is 19.5. The Kier molecular flexibility index (Phi) is 4.57. The molecule has 1 heterocycles. The molecule has 2 aromatic carbocycles. The number of benzene rings is 2. The summed E-state index contributed by atoms with van der Waals surface area (Å²) in [4.78, 5) is 12.2. The molecule has 0 aliphatic rings. The number of ether oxygens (including phenoxy) is 1. The minimum Gasteiger partial charge on any atom is -0.444 e. The summed E-state index contributed by atoms with van der Waals surface area (Å²) in [6.45, 7) is 5.49. The number of aromatic nitrogens is 2. The van der Waals surface area contributed by atoms with Crippen molar-refractivity contribution >= 4 is 11.8 Å². The molecule has 1 N–H and O–H groups in total. The highest BCUT2D eigenvalue weighted by molar-refractivity contribution is 5.90. The van der Waals surface area contributed by atoms with Gasteiger partial charge in [-0.15, -0.1) is 0 Å². The molecule has 0 radical (unpaired) electrons. The molecule has 0 aliphatic heterocycles. The van der Waals surface area contributed by atoms with Gasteiger partial charge in [0, 0.05) is 5.56 Å². The largest absolute Gasteiger partial charge is 0.444 e. The van der Waals surface area contributed by atoms with Gasteiger partial charge < -0.3 is 4.74 Å². The molecule has 0 bridgehead atoms. The highest BCUT2D eigenvalue weighted by Crippen LogP contribution is 2.28. The van der Waals surface area contributed by atoms with Gasteiger partial charge >= 0.3 is 6.09 Å². The van der Waals surface area contributed by atoms with Gasteiger partial charge in [0.05, 0.1) is 17.6 Å². The number of para-hydroxylation sites is 1. The number of nitrogens with zero attached hydrogens (tertiary/aromatic N) is 2. The number of nitrogens with one attached hydrogen (secondary N) is 1. The number of hydrogen-bond acceptors (Lipinski definition) is 3. The van der Waals surface area contributed by atoms with Crippen LogP contribution in [-0.4, -0.2) is 21.5 Å². The lowest BCUT2D eigenvalue weighted by Crippen LogP contribution is -2.27.